The summed E-state index contributed by atoms with van der Waals surface area (Å²) in [7, 11) is 0. The molecule has 1 aliphatic rings. The quantitative estimate of drug-likeness (QED) is 0.779. The zero-order valence-corrected chi connectivity index (χ0v) is 13.1. The van der Waals surface area contributed by atoms with Gasteiger partial charge in [0.1, 0.15) is 11.6 Å². The highest BCUT2D eigenvalue weighted by molar-refractivity contribution is 5.66. The van der Waals surface area contributed by atoms with Crippen molar-refractivity contribution in [2.75, 3.05) is 12.3 Å². The van der Waals surface area contributed by atoms with Crippen LogP contribution in [0.15, 0.2) is 35.2 Å². The maximum absolute atomic E-state index is 5.93. The third-order valence-corrected chi connectivity index (χ3v) is 4.04. The normalized spacial score (nSPS) is 20.4. The van der Waals surface area contributed by atoms with Gasteiger partial charge in [0.25, 0.3) is 0 Å². The second-order valence-corrected chi connectivity index (χ2v) is 5.65. The first-order chi connectivity index (χ1) is 11.7. The van der Waals surface area contributed by atoms with Crippen molar-refractivity contribution in [2.45, 2.75) is 25.4 Å². The molecule has 3 aromatic heterocycles. The molecule has 0 spiro atoms. The van der Waals surface area contributed by atoms with Crippen LogP contribution in [0.3, 0.4) is 0 Å². The van der Waals surface area contributed by atoms with E-state index in [-0.39, 0.29) is 12.0 Å². The molecule has 2 atom stereocenters. The van der Waals surface area contributed by atoms with Gasteiger partial charge < -0.3 is 15.0 Å². The van der Waals surface area contributed by atoms with Crippen LogP contribution < -0.4 is 5.73 Å². The van der Waals surface area contributed by atoms with E-state index in [1.54, 1.807) is 25.5 Å². The SMILES string of the molecule is Cc1ncc(-c2noc([C@H]3CCO[C@@H]3c3cccnc3)n2)c(N)n1. The molecule has 8 heteroatoms. The Balaban J connectivity index is 1.64. The predicted octanol–water partition coefficient (Wildman–Crippen LogP) is 2.06. The molecule has 0 radical (unpaired) electrons. The Kier molecular flexibility index (Phi) is 3.66. The van der Waals surface area contributed by atoms with Crippen LogP contribution in [-0.4, -0.2) is 31.7 Å². The third kappa shape index (κ3) is 2.61. The number of pyridine rings is 1. The Morgan fingerprint density at radius 2 is 2.17 bits per heavy atom. The zero-order chi connectivity index (χ0) is 16.5. The molecule has 0 amide bonds. The molecule has 1 fully saturated rings. The van der Waals surface area contributed by atoms with Crippen molar-refractivity contribution in [1.82, 2.24) is 25.1 Å². The molecule has 0 aromatic carbocycles. The van der Waals surface area contributed by atoms with E-state index in [9.17, 15) is 0 Å². The van der Waals surface area contributed by atoms with E-state index in [0.29, 0.717) is 35.5 Å². The summed E-state index contributed by atoms with van der Waals surface area (Å²) in [6, 6.07) is 3.87. The van der Waals surface area contributed by atoms with Gasteiger partial charge in [-0.05, 0) is 25.0 Å². The van der Waals surface area contributed by atoms with Crippen molar-refractivity contribution in [3.8, 4) is 11.4 Å². The summed E-state index contributed by atoms with van der Waals surface area (Å²) in [5, 5.41) is 4.03. The van der Waals surface area contributed by atoms with Gasteiger partial charge in [-0.25, -0.2) is 9.97 Å². The number of hydrogen-bond acceptors (Lipinski definition) is 8. The molecule has 1 aliphatic heterocycles. The number of nitrogens with zero attached hydrogens (tertiary/aromatic N) is 5. The van der Waals surface area contributed by atoms with Crippen LogP contribution in [0.2, 0.25) is 0 Å². The molecule has 2 N–H and O–H groups in total. The van der Waals surface area contributed by atoms with Crippen LogP contribution in [0.1, 0.15) is 35.7 Å². The molecule has 4 heterocycles. The minimum atomic E-state index is -0.140. The Labute approximate surface area is 138 Å². The molecule has 0 saturated carbocycles. The Bertz CT molecular complexity index is 851. The van der Waals surface area contributed by atoms with Gasteiger partial charge in [0.05, 0.1) is 17.6 Å². The maximum Gasteiger partial charge on any atom is 0.233 e. The lowest BCUT2D eigenvalue weighted by Gasteiger charge is -2.14. The van der Waals surface area contributed by atoms with Crippen molar-refractivity contribution in [1.29, 1.82) is 0 Å². The molecule has 1 saturated heterocycles. The Morgan fingerprint density at radius 3 is 2.96 bits per heavy atom. The van der Waals surface area contributed by atoms with Crippen molar-refractivity contribution < 1.29 is 9.26 Å². The highest BCUT2D eigenvalue weighted by Crippen LogP contribution is 2.41. The minimum absolute atomic E-state index is 0.0111. The van der Waals surface area contributed by atoms with Gasteiger partial charge in [0, 0.05) is 25.2 Å². The van der Waals surface area contributed by atoms with E-state index < -0.39 is 0 Å². The molecule has 3 aromatic rings. The molecule has 0 aliphatic carbocycles. The van der Waals surface area contributed by atoms with Gasteiger partial charge in [0.15, 0.2) is 0 Å². The van der Waals surface area contributed by atoms with Crippen molar-refractivity contribution in [3.05, 3.63) is 48.0 Å². The van der Waals surface area contributed by atoms with E-state index in [1.807, 2.05) is 12.1 Å². The van der Waals surface area contributed by atoms with Crippen LogP contribution in [0, 0.1) is 6.92 Å². The molecule has 0 unspecified atom stereocenters. The first-order valence-electron chi connectivity index (χ1n) is 7.67. The van der Waals surface area contributed by atoms with E-state index in [4.69, 9.17) is 15.0 Å². The summed E-state index contributed by atoms with van der Waals surface area (Å²) in [6.45, 7) is 2.41. The van der Waals surface area contributed by atoms with Gasteiger partial charge in [-0.2, -0.15) is 4.98 Å². The molecule has 122 valence electrons. The summed E-state index contributed by atoms with van der Waals surface area (Å²) in [5.74, 6) is 1.83. The molecule has 0 bridgehead atoms. The van der Waals surface area contributed by atoms with Gasteiger partial charge in [0.2, 0.25) is 11.7 Å². The van der Waals surface area contributed by atoms with E-state index in [0.717, 1.165) is 12.0 Å². The van der Waals surface area contributed by atoms with E-state index in [1.165, 1.54) is 0 Å². The van der Waals surface area contributed by atoms with Gasteiger partial charge in [-0.3, -0.25) is 4.98 Å². The van der Waals surface area contributed by atoms with Crippen LogP contribution in [0.25, 0.3) is 11.4 Å². The van der Waals surface area contributed by atoms with Crippen LogP contribution >= 0.6 is 0 Å². The summed E-state index contributed by atoms with van der Waals surface area (Å²) < 4.78 is 11.3. The maximum atomic E-state index is 5.93. The second-order valence-electron chi connectivity index (χ2n) is 5.65. The van der Waals surface area contributed by atoms with E-state index in [2.05, 4.69) is 25.1 Å². The van der Waals surface area contributed by atoms with Crippen molar-refractivity contribution in [3.63, 3.8) is 0 Å². The average Bonchev–Trinajstić information content (AvgIpc) is 3.24. The average molecular weight is 324 g/mol. The topological polar surface area (TPSA) is 113 Å². The highest BCUT2D eigenvalue weighted by atomic mass is 16.5. The number of aryl methyl sites for hydroxylation is 1. The monoisotopic (exact) mass is 324 g/mol. The number of rotatable bonds is 3. The second kappa shape index (κ2) is 5.97. The van der Waals surface area contributed by atoms with E-state index >= 15 is 0 Å². The molecular weight excluding hydrogens is 308 g/mol. The number of hydrogen-bond donors (Lipinski definition) is 1. The predicted molar refractivity (Wildman–Crippen MR) is 84.8 cm³/mol. The largest absolute Gasteiger partial charge is 0.383 e. The number of aromatic nitrogens is 5. The van der Waals surface area contributed by atoms with Gasteiger partial charge in [-0.15, -0.1) is 0 Å². The third-order valence-electron chi connectivity index (χ3n) is 4.04. The van der Waals surface area contributed by atoms with Crippen molar-refractivity contribution >= 4 is 5.82 Å². The fourth-order valence-corrected chi connectivity index (χ4v) is 2.87. The minimum Gasteiger partial charge on any atom is -0.383 e. The lowest BCUT2D eigenvalue weighted by atomic mass is 9.96. The highest BCUT2D eigenvalue weighted by Gasteiger charge is 2.35. The first kappa shape index (κ1) is 14.7. The van der Waals surface area contributed by atoms with Crippen LogP contribution in [0.4, 0.5) is 5.82 Å². The lowest BCUT2D eigenvalue weighted by molar-refractivity contribution is 0.0984. The Morgan fingerprint density at radius 1 is 1.25 bits per heavy atom. The van der Waals surface area contributed by atoms with Gasteiger partial charge >= 0.3 is 0 Å². The molecule has 24 heavy (non-hydrogen) atoms. The number of anilines is 1. The summed E-state index contributed by atoms with van der Waals surface area (Å²) >= 11 is 0. The van der Waals surface area contributed by atoms with Gasteiger partial charge in [-0.1, -0.05) is 11.2 Å². The number of ether oxygens (including phenoxy) is 1. The smallest absolute Gasteiger partial charge is 0.233 e. The lowest BCUT2D eigenvalue weighted by Crippen LogP contribution is -2.07. The first-order valence-corrected chi connectivity index (χ1v) is 7.67. The fourth-order valence-electron chi connectivity index (χ4n) is 2.87. The summed E-state index contributed by atoms with van der Waals surface area (Å²) in [4.78, 5) is 16.9. The molecule has 8 nitrogen and oxygen atoms in total. The van der Waals surface area contributed by atoms with Crippen LogP contribution in [-0.2, 0) is 4.74 Å². The van der Waals surface area contributed by atoms with Crippen molar-refractivity contribution in [2.24, 2.45) is 0 Å². The molecular formula is C16H16N6O2. The Hall–Kier alpha value is -2.87. The fraction of sp³-hybridized carbons (Fsp3) is 0.312. The zero-order valence-electron chi connectivity index (χ0n) is 13.1. The number of nitrogen functional groups attached to an aromatic ring is 1. The summed E-state index contributed by atoms with van der Waals surface area (Å²) in [6.07, 6.45) is 5.81. The standard InChI is InChI=1S/C16H16N6O2/c1-9-19-8-12(14(17)20-9)15-21-16(24-22-15)11-4-6-23-13(11)10-3-2-5-18-7-10/h2-3,5,7-8,11,13H,4,6H2,1H3,(H2,17,19,20)/t11-,13+/m0/s1. The molecule has 4 rings (SSSR count). The summed E-state index contributed by atoms with van der Waals surface area (Å²) in [5.41, 5.74) is 7.49. The van der Waals surface area contributed by atoms with Crippen LogP contribution in [0.5, 0.6) is 0 Å². The number of nitrogens with two attached hydrogens (primary N) is 1.